The second-order valence-corrected chi connectivity index (χ2v) is 4.04. The Morgan fingerprint density at radius 2 is 1.94 bits per heavy atom. The van der Waals surface area contributed by atoms with Crippen molar-refractivity contribution < 1.29 is 9.47 Å². The van der Waals surface area contributed by atoms with Gasteiger partial charge < -0.3 is 14.8 Å². The number of ether oxygens (including phenoxy) is 2. The van der Waals surface area contributed by atoms with E-state index in [9.17, 15) is 0 Å². The predicted molar refractivity (Wildman–Crippen MR) is 70.8 cm³/mol. The van der Waals surface area contributed by atoms with Crippen LogP contribution in [-0.2, 0) is 6.54 Å². The van der Waals surface area contributed by atoms with Crippen LogP contribution >= 0.6 is 0 Å². The van der Waals surface area contributed by atoms with Gasteiger partial charge in [-0.3, -0.25) is 0 Å². The van der Waals surface area contributed by atoms with E-state index in [0.717, 1.165) is 36.4 Å². The largest absolute Gasteiger partial charge is 0.493 e. The zero-order valence-corrected chi connectivity index (χ0v) is 11.2. The quantitative estimate of drug-likeness (QED) is 0.791. The summed E-state index contributed by atoms with van der Waals surface area (Å²) >= 11 is 0. The average Bonchev–Trinajstić information content (AvgIpc) is 2.37. The van der Waals surface area contributed by atoms with Gasteiger partial charge in [0, 0.05) is 12.1 Å². The van der Waals surface area contributed by atoms with Gasteiger partial charge in [-0.2, -0.15) is 0 Å². The highest BCUT2D eigenvalue weighted by Crippen LogP contribution is 2.32. The molecule has 17 heavy (non-hydrogen) atoms. The third-order valence-corrected chi connectivity index (χ3v) is 2.84. The van der Waals surface area contributed by atoms with Gasteiger partial charge in [0.1, 0.15) is 0 Å². The third-order valence-electron chi connectivity index (χ3n) is 2.84. The van der Waals surface area contributed by atoms with Crippen molar-refractivity contribution in [3.63, 3.8) is 0 Å². The Kier molecular flexibility index (Phi) is 5.84. The van der Waals surface area contributed by atoms with Crippen LogP contribution in [0.25, 0.3) is 0 Å². The van der Waals surface area contributed by atoms with Gasteiger partial charge in [0.25, 0.3) is 0 Å². The fourth-order valence-electron chi connectivity index (χ4n) is 1.81. The topological polar surface area (TPSA) is 30.5 Å². The highest BCUT2D eigenvalue weighted by molar-refractivity contribution is 5.46. The number of hydrogen-bond acceptors (Lipinski definition) is 3. The summed E-state index contributed by atoms with van der Waals surface area (Å²) in [4.78, 5) is 0. The van der Waals surface area contributed by atoms with Crippen LogP contribution in [0.3, 0.4) is 0 Å². The van der Waals surface area contributed by atoms with Crippen LogP contribution in [0.15, 0.2) is 18.2 Å². The molecule has 0 aliphatic carbocycles. The Hall–Kier alpha value is -1.22. The number of nitrogens with one attached hydrogen (secondary N) is 1. The molecule has 3 heteroatoms. The van der Waals surface area contributed by atoms with Crippen LogP contribution in [0.2, 0.25) is 0 Å². The molecule has 0 atom stereocenters. The molecule has 96 valence electrons. The van der Waals surface area contributed by atoms with E-state index in [1.165, 1.54) is 0 Å². The summed E-state index contributed by atoms with van der Waals surface area (Å²) in [5.41, 5.74) is 1.14. The Balaban J connectivity index is 2.99. The van der Waals surface area contributed by atoms with Crippen molar-refractivity contribution in [3.8, 4) is 11.5 Å². The van der Waals surface area contributed by atoms with Gasteiger partial charge in [0.05, 0.1) is 13.2 Å². The number of rotatable bonds is 7. The number of hydrogen-bond donors (Lipinski definition) is 1. The van der Waals surface area contributed by atoms with Gasteiger partial charge in [-0.25, -0.2) is 0 Å². The molecular formula is C14H23NO2. The standard InChI is InChI=1S/C14H23NO2/c1-5-12(6-2)17-14-11(10-15-3)8-7-9-13(14)16-4/h7-9,12,15H,5-6,10H2,1-4H3. The smallest absolute Gasteiger partial charge is 0.166 e. The van der Waals surface area contributed by atoms with Crippen molar-refractivity contribution >= 4 is 0 Å². The zero-order chi connectivity index (χ0) is 12.7. The second-order valence-electron chi connectivity index (χ2n) is 4.04. The van der Waals surface area contributed by atoms with E-state index >= 15 is 0 Å². The molecule has 1 aromatic carbocycles. The molecule has 1 N–H and O–H groups in total. The minimum atomic E-state index is 0.252. The Morgan fingerprint density at radius 1 is 1.24 bits per heavy atom. The molecule has 0 aromatic heterocycles. The highest BCUT2D eigenvalue weighted by Gasteiger charge is 2.14. The monoisotopic (exact) mass is 237 g/mol. The molecule has 3 nitrogen and oxygen atoms in total. The van der Waals surface area contributed by atoms with E-state index < -0.39 is 0 Å². The van der Waals surface area contributed by atoms with Crippen molar-refractivity contribution in [1.82, 2.24) is 5.32 Å². The molecule has 0 aliphatic heterocycles. The Bertz CT molecular complexity index is 335. The van der Waals surface area contributed by atoms with Gasteiger partial charge in [-0.1, -0.05) is 26.0 Å². The summed E-state index contributed by atoms with van der Waals surface area (Å²) in [6.45, 7) is 5.06. The molecule has 0 bridgehead atoms. The molecule has 0 aliphatic rings. The molecular weight excluding hydrogens is 214 g/mol. The average molecular weight is 237 g/mol. The van der Waals surface area contributed by atoms with Crippen LogP contribution in [0, 0.1) is 0 Å². The molecule has 0 saturated carbocycles. The fraction of sp³-hybridized carbons (Fsp3) is 0.571. The summed E-state index contributed by atoms with van der Waals surface area (Å²) in [5.74, 6) is 1.68. The molecule has 0 fully saturated rings. The minimum absolute atomic E-state index is 0.252. The number of para-hydroxylation sites is 1. The molecule has 0 radical (unpaired) electrons. The summed E-state index contributed by atoms with van der Waals surface area (Å²) in [6.07, 6.45) is 2.27. The van der Waals surface area contributed by atoms with E-state index in [1.54, 1.807) is 7.11 Å². The Morgan fingerprint density at radius 3 is 2.47 bits per heavy atom. The Labute approximate surface area is 104 Å². The molecule has 0 amide bonds. The van der Waals surface area contributed by atoms with E-state index in [2.05, 4.69) is 25.2 Å². The molecule has 0 saturated heterocycles. The van der Waals surface area contributed by atoms with Crippen molar-refractivity contribution in [3.05, 3.63) is 23.8 Å². The van der Waals surface area contributed by atoms with Crippen LogP contribution in [0.5, 0.6) is 11.5 Å². The first-order valence-electron chi connectivity index (χ1n) is 6.23. The lowest BCUT2D eigenvalue weighted by molar-refractivity contribution is 0.183. The van der Waals surface area contributed by atoms with Crippen LogP contribution in [0.1, 0.15) is 32.3 Å². The molecule has 1 aromatic rings. The maximum atomic E-state index is 6.05. The van der Waals surface area contributed by atoms with Crippen LogP contribution < -0.4 is 14.8 Å². The zero-order valence-electron chi connectivity index (χ0n) is 11.2. The van der Waals surface area contributed by atoms with Crippen LogP contribution in [0.4, 0.5) is 0 Å². The van der Waals surface area contributed by atoms with E-state index in [1.807, 2.05) is 19.2 Å². The maximum Gasteiger partial charge on any atom is 0.166 e. The van der Waals surface area contributed by atoms with Gasteiger partial charge in [0.2, 0.25) is 0 Å². The van der Waals surface area contributed by atoms with Crippen LogP contribution in [-0.4, -0.2) is 20.3 Å². The molecule has 1 rings (SSSR count). The van der Waals surface area contributed by atoms with Gasteiger partial charge in [-0.15, -0.1) is 0 Å². The molecule has 0 heterocycles. The van der Waals surface area contributed by atoms with Crippen molar-refractivity contribution in [2.24, 2.45) is 0 Å². The van der Waals surface area contributed by atoms with Crippen molar-refractivity contribution in [2.45, 2.75) is 39.3 Å². The van der Waals surface area contributed by atoms with Crippen molar-refractivity contribution in [2.75, 3.05) is 14.2 Å². The minimum Gasteiger partial charge on any atom is -0.493 e. The molecule has 0 unspecified atom stereocenters. The summed E-state index contributed by atoms with van der Waals surface area (Å²) < 4.78 is 11.4. The normalized spacial score (nSPS) is 10.6. The van der Waals surface area contributed by atoms with E-state index in [4.69, 9.17) is 9.47 Å². The van der Waals surface area contributed by atoms with Gasteiger partial charge in [-0.05, 0) is 26.0 Å². The first-order chi connectivity index (χ1) is 8.26. The van der Waals surface area contributed by atoms with Gasteiger partial charge in [0.15, 0.2) is 11.5 Å². The first kappa shape index (κ1) is 13.8. The first-order valence-corrected chi connectivity index (χ1v) is 6.23. The fourth-order valence-corrected chi connectivity index (χ4v) is 1.81. The van der Waals surface area contributed by atoms with E-state index in [-0.39, 0.29) is 6.10 Å². The maximum absolute atomic E-state index is 6.05. The second kappa shape index (κ2) is 7.17. The third kappa shape index (κ3) is 3.63. The highest BCUT2D eigenvalue weighted by atomic mass is 16.5. The van der Waals surface area contributed by atoms with E-state index in [0.29, 0.717) is 0 Å². The number of methoxy groups -OCH3 is 1. The van der Waals surface area contributed by atoms with Crippen molar-refractivity contribution in [1.29, 1.82) is 0 Å². The lowest BCUT2D eigenvalue weighted by Gasteiger charge is -2.20. The predicted octanol–water partition coefficient (Wildman–Crippen LogP) is 2.98. The SMILES string of the molecule is CCC(CC)Oc1c(CNC)cccc1OC. The summed E-state index contributed by atoms with van der Waals surface area (Å²) in [6, 6.07) is 6.00. The van der Waals surface area contributed by atoms with Gasteiger partial charge >= 0.3 is 0 Å². The summed E-state index contributed by atoms with van der Waals surface area (Å²) in [5, 5.41) is 3.15. The molecule has 0 spiro atoms. The summed E-state index contributed by atoms with van der Waals surface area (Å²) in [7, 11) is 3.61. The lowest BCUT2D eigenvalue weighted by Crippen LogP contribution is -2.16. The lowest BCUT2D eigenvalue weighted by atomic mass is 10.1. The number of benzene rings is 1.